The molecule has 158 valence electrons. The van der Waals surface area contributed by atoms with Crippen LogP contribution in [0.15, 0.2) is 51.4 Å². The van der Waals surface area contributed by atoms with Crippen LogP contribution in [-0.4, -0.2) is 49.9 Å². The van der Waals surface area contributed by atoms with E-state index in [9.17, 15) is 24.0 Å². The van der Waals surface area contributed by atoms with Crippen molar-refractivity contribution in [2.45, 2.75) is 13.0 Å². The van der Waals surface area contributed by atoms with Gasteiger partial charge in [-0.25, -0.2) is 14.4 Å². The molecular formula is C19H15N5O7. The highest BCUT2D eigenvalue weighted by Gasteiger charge is 2.24. The van der Waals surface area contributed by atoms with Crippen molar-refractivity contribution < 1.29 is 29.4 Å². The molecule has 0 radical (unpaired) electrons. The van der Waals surface area contributed by atoms with Crippen LogP contribution in [0.25, 0.3) is 11.0 Å². The molecule has 12 heteroatoms. The SMILES string of the molecule is CC(=O)C(N=Nc1ccc2[nH]c(=O)[nH]c2c1)C(=O)Nc1cc(C(=O)O)cc(C(=O)O)c1. The third kappa shape index (κ3) is 4.87. The molecule has 0 saturated carbocycles. The van der Waals surface area contributed by atoms with Crippen molar-refractivity contribution in [2.75, 3.05) is 5.32 Å². The molecule has 5 N–H and O–H groups in total. The van der Waals surface area contributed by atoms with Gasteiger partial charge in [0.25, 0.3) is 5.91 Å². The fourth-order valence-corrected chi connectivity index (χ4v) is 2.68. The molecule has 0 fully saturated rings. The van der Waals surface area contributed by atoms with Crippen LogP contribution in [0.4, 0.5) is 11.4 Å². The highest BCUT2D eigenvalue weighted by atomic mass is 16.4. The molecule has 3 aromatic rings. The number of benzene rings is 2. The molecule has 0 aliphatic carbocycles. The molecule has 0 aliphatic heterocycles. The number of imidazole rings is 1. The lowest BCUT2D eigenvalue weighted by molar-refractivity contribution is -0.126. The third-order valence-corrected chi connectivity index (χ3v) is 4.12. The number of aromatic carboxylic acids is 2. The summed E-state index contributed by atoms with van der Waals surface area (Å²) in [6.07, 6.45) is 0. The quantitative estimate of drug-likeness (QED) is 0.282. The summed E-state index contributed by atoms with van der Waals surface area (Å²) in [4.78, 5) is 63.2. The van der Waals surface area contributed by atoms with Crippen LogP contribution >= 0.6 is 0 Å². The zero-order valence-electron chi connectivity index (χ0n) is 15.9. The summed E-state index contributed by atoms with van der Waals surface area (Å²) in [6, 6.07) is 6.04. The molecule has 1 unspecified atom stereocenters. The highest BCUT2D eigenvalue weighted by Crippen LogP contribution is 2.20. The van der Waals surface area contributed by atoms with E-state index < -0.39 is 35.4 Å². The average molecular weight is 425 g/mol. The predicted octanol–water partition coefficient (Wildman–Crippen LogP) is 1.93. The lowest BCUT2D eigenvalue weighted by Crippen LogP contribution is -2.32. The molecule has 0 bridgehead atoms. The number of carboxylic acids is 2. The summed E-state index contributed by atoms with van der Waals surface area (Å²) >= 11 is 0. The fraction of sp³-hybridized carbons (Fsp3) is 0.105. The standard InChI is InChI=1S/C19H15N5O7/c1-8(25)15(24-23-11-2-3-13-14(7-11)22-19(31)21-13)16(26)20-12-5-9(17(27)28)4-10(6-12)18(29)30/h2-7,15H,1H3,(H,20,26)(H,27,28)(H,29,30)(H2,21,22,31). The smallest absolute Gasteiger partial charge is 0.335 e. The van der Waals surface area contributed by atoms with Gasteiger partial charge in [-0.2, -0.15) is 10.2 Å². The number of aromatic nitrogens is 2. The second-order valence-corrected chi connectivity index (χ2v) is 6.44. The Bertz CT molecular complexity index is 1270. The van der Waals surface area contributed by atoms with Crippen LogP contribution in [0.5, 0.6) is 0 Å². The number of hydrogen-bond donors (Lipinski definition) is 5. The Labute approximate surface area is 172 Å². The van der Waals surface area contributed by atoms with Crippen LogP contribution < -0.4 is 11.0 Å². The van der Waals surface area contributed by atoms with E-state index in [-0.39, 0.29) is 22.5 Å². The van der Waals surface area contributed by atoms with E-state index in [2.05, 4.69) is 25.5 Å². The molecule has 3 rings (SSSR count). The van der Waals surface area contributed by atoms with Crippen molar-refractivity contribution in [2.24, 2.45) is 10.2 Å². The molecule has 0 saturated heterocycles. The topological polar surface area (TPSA) is 194 Å². The number of carbonyl (C=O) groups is 4. The normalized spacial score (nSPS) is 12.0. The number of nitrogens with zero attached hydrogens (tertiary/aromatic N) is 2. The van der Waals surface area contributed by atoms with Gasteiger partial charge in [-0.15, -0.1) is 0 Å². The van der Waals surface area contributed by atoms with Gasteiger partial charge in [-0.1, -0.05) is 0 Å². The number of hydrogen-bond acceptors (Lipinski definition) is 7. The summed E-state index contributed by atoms with van der Waals surface area (Å²) in [7, 11) is 0. The first-order valence-corrected chi connectivity index (χ1v) is 8.70. The van der Waals surface area contributed by atoms with E-state index in [0.717, 1.165) is 25.1 Å². The van der Waals surface area contributed by atoms with Gasteiger partial charge in [0.1, 0.15) is 0 Å². The number of azo groups is 1. The van der Waals surface area contributed by atoms with Crippen molar-refractivity contribution >= 4 is 46.0 Å². The number of fused-ring (bicyclic) bond motifs is 1. The molecule has 1 atom stereocenters. The molecular weight excluding hydrogens is 410 g/mol. The van der Waals surface area contributed by atoms with Gasteiger partial charge < -0.3 is 25.5 Å². The zero-order valence-corrected chi connectivity index (χ0v) is 15.9. The molecule has 31 heavy (non-hydrogen) atoms. The number of amides is 1. The van der Waals surface area contributed by atoms with E-state index >= 15 is 0 Å². The summed E-state index contributed by atoms with van der Waals surface area (Å²) < 4.78 is 0. The monoisotopic (exact) mass is 425 g/mol. The fourth-order valence-electron chi connectivity index (χ4n) is 2.68. The first-order valence-electron chi connectivity index (χ1n) is 8.70. The predicted molar refractivity (Wildman–Crippen MR) is 107 cm³/mol. The number of anilines is 1. The summed E-state index contributed by atoms with van der Waals surface area (Å²) in [6.45, 7) is 1.12. The maximum atomic E-state index is 12.5. The van der Waals surface area contributed by atoms with E-state index in [1.807, 2.05) is 0 Å². The molecule has 1 heterocycles. The first kappa shape index (κ1) is 21.1. The minimum Gasteiger partial charge on any atom is -0.478 e. The molecule has 1 aromatic heterocycles. The van der Waals surface area contributed by atoms with Crippen LogP contribution in [-0.2, 0) is 9.59 Å². The summed E-state index contributed by atoms with van der Waals surface area (Å²) in [5.41, 5.74) is 0.0108. The van der Waals surface area contributed by atoms with Crippen molar-refractivity contribution in [3.63, 3.8) is 0 Å². The zero-order chi connectivity index (χ0) is 22.7. The lowest BCUT2D eigenvalue weighted by atomic mass is 10.1. The maximum Gasteiger partial charge on any atom is 0.335 e. The van der Waals surface area contributed by atoms with Crippen LogP contribution in [0.3, 0.4) is 0 Å². The second-order valence-electron chi connectivity index (χ2n) is 6.44. The molecule has 12 nitrogen and oxygen atoms in total. The number of carboxylic acid groups (broad SMARTS) is 2. The van der Waals surface area contributed by atoms with Gasteiger partial charge in [0.15, 0.2) is 5.78 Å². The van der Waals surface area contributed by atoms with E-state index in [4.69, 9.17) is 10.2 Å². The molecule has 0 spiro atoms. The lowest BCUT2D eigenvalue weighted by Gasteiger charge is -2.11. The van der Waals surface area contributed by atoms with E-state index in [0.29, 0.717) is 11.0 Å². The van der Waals surface area contributed by atoms with Crippen molar-refractivity contribution in [1.82, 2.24) is 9.97 Å². The number of ketones is 1. The van der Waals surface area contributed by atoms with Crippen molar-refractivity contribution in [3.05, 3.63) is 58.0 Å². The summed E-state index contributed by atoms with van der Waals surface area (Å²) in [5, 5.41) is 28.1. The largest absolute Gasteiger partial charge is 0.478 e. The second kappa shape index (κ2) is 8.41. The van der Waals surface area contributed by atoms with Gasteiger partial charge in [-0.3, -0.25) is 9.59 Å². The highest BCUT2D eigenvalue weighted by molar-refractivity contribution is 6.10. The van der Waals surface area contributed by atoms with E-state index in [1.54, 1.807) is 6.07 Å². The number of carbonyl (C=O) groups excluding carboxylic acids is 2. The van der Waals surface area contributed by atoms with Crippen molar-refractivity contribution in [3.8, 4) is 0 Å². The van der Waals surface area contributed by atoms with Crippen molar-refractivity contribution in [1.29, 1.82) is 0 Å². The van der Waals surface area contributed by atoms with Crippen LogP contribution in [0.2, 0.25) is 0 Å². The maximum absolute atomic E-state index is 12.5. The van der Waals surface area contributed by atoms with Gasteiger partial charge in [0, 0.05) is 5.69 Å². The molecule has 2 aromatic carbocycles. The third-order valence-electron chi connectivity index (χ3n) is 4.12. The first-order chi connectivity index (χ1) is 14.6. The Kier molecular flexibility index (Phi) is 5.72. The number of Topliss-reactive ketones (excluding diaryl/α,β-unsaturated/α-hetero) is 1. The minimum absolute atomic E-state index is 0.130. The van der Waals surface area contributed by atoms with Gasteiger partial charge in [0.2, 0.25) is 6.04 Å². The Morgan fingerprint density at radius 3 is 2.13 bits per heavy atom. The number of nitrogens with one attached hydrogen (secondary N) is 3. The average Bonchev–Trinajstić information content (AvgIpc) is 3.06. The summed E-state index contributed by atoms with van der Waals surface area (Å²) in [5.74, 6) is -4.35. The van der Waals surface area contributed by atoms with Gasteiger partial charge in [-0.05, 0) is 43.3 Å². The van der Waals surface area contributed by atoms with Crippen LogP contribution in [0.1, 0.15) is 27.6 Å². The number of rotatable bonds is 7. The van der Waals surface area contributed by atoms with Crippen LogP contribution in [0, 0.1) is 0 Å². The minimum atomic E-state index is -1.57. The molecule has 0 aliphatic rings. The van der Waals surface area contributed by atoms with Gasteiger partial charge >= 0.3 is 17.6 Å². The Morgan fingerprint density at radius 1 is 0.935 bits per heavy atom. The van der Waals surface area contributed by atoms with E-state index in [1.165, 1.54) is 12.1 Å². The molecule has 1 amide bonds. The number of H-pyrrole nitrogens is 2. The van der Waals surface area contributed by atoms with Gasteiger partial charge in [0.05, 0.1) is 27.8 Å². The Morgan fingerprint density at radius 2 is 1.55 bits per heavy atom. The number of aromatic amines is 2. The Hall–Kier alpha value is -4.61. The Balaban J connectivity index is 1.85.